The number of anilines is 1. The number of aromatic nitrogens is 5. The van der Waals surface area contributed by atoms with Crippen LogP contribution in [0.4, 0.5) is 5.69 Å². The quantitative estimate of drug-likeness (QED) is 0.698. The number of nitrogens with zero attached hydrogens (tertiary/aromatic N) is 5. The maximum Gasteiger partial charge on any atom is 0.275 e. The van der Waals surface area contributed by atoms with Crippen LogP contribution in [0.1, 0.15) is 34.4 Å². The number of nitrogens with one attached hydrogen (secondary N) is 1. The summed E-state index contributed by atoms with van der Waals surface area (Å²) in [6.07, 6.45) is 2.88. The van der Waals surface area contributed by atoms with Crippen molar-refractivity contribution in [1.29, 1.82) is 0 Å². The number of carbonyl (C=O) groups excluding carboxylic acids is 1. The molecule has 4 rings (SSSR count). The number of nitrogens with two attached hydrogens (primary N) is 1. The summed E-state index contributed by atoms with van der Waals surface area (Å²) in [5.74, 6) is 0.482. The van der Waals surface area contributed by atoms with Crippen molar-refractivity contribution < 1.29 is 4.79 Å². The Morgan fingerprint density at radius 3 is 3.08 bits per heavy atom. The molecular formula is C16H17N7OS. The molecule has 0 unspecified atom stereocenters. The smallest absolute Gasteiger partial charge is 0.275 e. The second-order valence-electron chi connectivity index (χ2n) is 5.88. The highest BCUT2D eigenvalue weighted by Crippen LogP contribution is 2.36. The van der Waals surface area contributed by atoms with Crippen LogP contribution in [-0.2, 0) is 6.42 Å². The van der Waals surface area contributed by atoms with Crippen molar-refractivity contribution in [2.24, 2.45) is 5.73 Å². The first-order valence-electron chi connectivity index (χ1n) is 8.08. The van der Waals surface area contributed by atoms with Gasteiger partial charge in [0.25, 0.3) is 5.91 Å². The highest BCUT2D eigenvalue weighted by Gasteiger charge is 2.28. The van der Waals surface area contributed by atoms with Crippen LogP contribution in [0.15, 0.2) is 29.6 Å². The summed E-state index contributed by atoms with van der Waals surface area (Å²) in [5, 5.41) is 17.4. The molecule has 25 heavy (non-hydrogen) atoms. The fourth-order valence-electron chi connectivity index (χ4n) is 2.53. The van der Waals surface area contributed by atoms with E-state index in [0.29, 0.717) is 30.4 Å². The molecule has 9 heteroatoms. The van der Waals surface area contributed by atoms with Crippen LogP contribution in [0.5, 0.6) is 0 Å². The molecule has 3 N–H and O–H groups in total. The second kappa shape index (κ2) is 6.69. The first kappa shape index (κ1) is 15.9. The molecule has 0 atom stereocenters. The standard InChI is InChI=1S/C16H17N7OS/c17-7-6-14-19-13(9-25-14)16(24)18-11-3-1-2-10(8-11)15-20-21-22-23(15)12-4-5-12/h1-3,8-9,12H,4-7,17H2,(H,18,24). The van der Waals surface area contributed by atoms with Crippen LogP contribution in [0.25, 0.3) is 11.4 Å². The van der Waals surface area contributed by atoms with Crippen molar-refractivity contribution in [2.45, 2.75) is 25.3 Å². The highest BCUT2D eigenvalue weighted by molar-refractivity contribution is 7.09. The Morgan fingerprint density at radius 1 is 1.40 bits per heavy atom. The zero-order chi connectivity index (χ0) is 17.2. The number of thiazole rings is 1. The zero-order valence-corrected chi connectivity index (χ0v) is 14.2. The predicted octanol–water partition coefficient (Wildman–Crippen LogP) is 1.88. The molecule has 0 radical (unpaired) electrons. The maximum atomic E-state index is 12.4. The molecule has 0 aliphatic heterocycles. The lowest BCUT2D eigenvalue weighted by Crippen LogP contribution is -2.13. The van der Waals surface area contributed by atoms with Gasteiger partial charge in [-0.25, -0.2) is 9.67 Å². The number of hydrogen-bond acceptors (Lipinski definition) is 7. The van der Waals surface area contributed by atoms with E-state index in [0.717, 1.165) is 29.2 Å². The second-order valence-corrected chi connectivity index (χ2v) is 6.82. The summed E-state index contributed by atoms with van der Waals surface area (Å²) in [4.78, 5) is 16.7. The van der Waals surface area contributed by atoms with E-state index in [1.165, 1.54) is 11.3 Å². The molecule has 128 valence electrons. The number of rotatable bonds is 6. The molecule has 1 fully saturated rings. The van der Waals surface area contributed by atoms with E-state index in [4.69, 9.17) is 5.73 Å². The Labute approximate surface area is 148 Å². The molecule has 1 aliphatic carbocycles. The number of carbonyl (C=O) groups is 1. The van der Waals surface area contributed by atoms with Gasteiger partial charge in [-0.3, -0.25) is 4.79 Å². The predicted molar refractivity (Wildman–Crippen MR) is 94.3 cm³/mol. The molecule has 2 heterocycles. The van der Waals surface area contributed by atoms with E-state index in [1.807, 2.05) is 28.9 Å². The van der Waals surface area contributed by atoms with E-state index < -0.39 is 0 Å². The van der Waals surface area contributed by atoms with Crippen molar-refractivity contribution >= 4 is 22.9 Å². The minimum absolute atomic E-state index is 0.238. The van der Waals surface area contributed by atoms with Gasteiger partial charge in [0.15, 0.2) is 5.82 Å². The minimum Gasteiger partial charge on any atom is -0.330 e. The maximum absolute atomic E-state index is 12.4. The van der Waals surface area contributed by atoms with Gasteiger partial charge >= 0.3 is 0 Å². The summed E-state index contributed by atoms with van der Waals surface area (Å²) in [6, 6.07) is 7.90. The van der Waals surface area contributed by atoms with E-state index in [2.05, 4.69) is 25.8 Å². The SMILES string of the molecule is NCCc1nc(C(=O)Nc2cccc(-c3nnnn3C3CC3)c2)cs1. The lowest BCUT2D eigenvalue weighted by molar-refractivity contribution is 0.102. The molecule has 0 saturated heterocycles. The third kappa shape index (κ3) is 3.42. The largest absolute Gasteiger partial charge is 0.330 e. The molecule has 0 spiro atoms. The lowest BCUT2D eigenvalue weighted by atomic mass is 10.2. The average molecular weight is 355 g/mol. The molecule has 3 aromatic rings. The molecule has 0 bridgehead atoms. The van der Waals surface area contributed by atoms with Gasteiger partial charge in [-0.15, -0.1) is 16.4 Å². The van der Waals surface area contributed by atoms with Crippen LogP contribution < -0.4 is 11.1 Å². The summed E-state index contributed by atoms with van der Waals surface area (Å²) < 4.78 is 1.85. The molecular weight excluding hydrogens is 338 g/mol. The normalized spacial score (nSPS) is 13.8. The molecule has 2 aromatic heterocycles. The Morgan fingerprint density at radius 2 is 2.28 bits per heavy atom. The van der Waals surface area contributed by atoms with Crippen LogP contribution in [0, 0.1) is 0 Å². The van der Waals surface area contributed by atoms with Gasteiger partial charge < -0.3 is 11.1 Å². The van der Waals surface area contributed by atoms with Crippen molar-refractivity contribution in [3.63, 3.8) is 0 Å². The first-order chi connectivity index (χ1) is 12.2. The average Bonchev–Trinajstić information content (AvgIpc) is 3.15. The molecule has 1 saturated carbocycles. The monoisotopic (exact) mass is 355 g/mol. The molecule has 1 amide bonds. The van der Waals surface area contributed by atoms with Crippen LogP contribution in [-0.4, -0.2) is 37.6 Å². The Hall–Kier alpha value is -2.65. The molecule has 1 aliphatic rings. The van der Waals surface area contributed by atoms with Gasteiger partial charge in [-0.05, 0) is 41.9 Å². The third-order valence-electron chi connectivity index (χ3n) is 3.91. The van der Waals surface area contributed by atoms with E-state index in [9.17, 15) is 4.79 Å². The van der Waals surface area contributed by atoms with Crippen LogP contribution in [0.3, 0.4) is 0 Å². The summed E-state index contributed by atoms with van der Waals surface area (Å²) >= 11 is 1.44. The highest BCUT2D eigenvalue weighted by atomic mass is 32.1. The topological polar surface area (TPSA) is 112 Å². The fourth-order valence-corrected chi connectivity index (χ4v) is 3.33. The van der Waals surface area contributed by atoms with E-state index in [-0.39, 0.29) is 5.91 Å². The van der Waals surface area contributed by atoms with Crippen LogP contribution >= 0.6 is 11.3 Å². The lowest BCUT2D eigenvalue weighted by Gasteiger charge is -2.06. The number of tetrazole rings is 1. The molecule has 1 aromatic carbocycles. The van der Waals surface area contributed by atoms with Crippen molar-refractivity contribution in [3.05, 3.63) is 40.3 Å². The first-order valence-corrected chi connectivity index (χ1v) is 8.96. The summed E-state index contributed by atoms with van der Waals surface area (Å²) in [6.45, 7) is 0.520. The summed E-state index contributed by atoms with van der Waals surface area (Å²) in [7, 11) is 0. The van der Waals surface area contributed by atoms with Gasteiger partial charge in [0, 0.05) is 23.1 Å². The number of amides is 1. The van der Waals surface area contributed by atoms with Crippen LogP contribution in [0.2, 0.25) is 0 Å². The van der Waals surface area contributed by atoms with Crippen molar-refractivity contribution in [2.75, 3.05) is 11.9 Å². The van der Waals surface area contributed by atoms with Gasteiger partial charge in [0.05, 0.1) is 11.0 Å². The summed E-state index contributed by atoms with van der Waals surface area (Å²) in [5.41, 5.74) is 7.48. The third-order valence-corrected chi connectivity index (χ3v) is 4.82. The Balaban J connectivity index is 1.53. The Bertz CT molecular complexity index is 899. The fraction of sp³-hybridized carbons (Fsp3) is 0.312. The minimum atomic E-state index is -0.238. The van der Waals surface area contributed by atoms with Crippen molar-refractivity contribution in [3.8, 4) is 11.4 Å². The Kier molecular flexibility index (Phi) is 4.24. The number of hydrogen-bond donors (Lipinski definition) is 2. The van der Waals surface area contributed by atoms with E-state index in [1.54, 1.807) is 5.38 Å². The van der Waals surface area contributed by atoms with E-state index >= 15 is 0 Å². The van der Waals surface area contributed by atoms with Crippen molar-refractivity contribution in [1.82, 2.24) is 25.2 Å². The van der Waals surface area contributed by atoms with Gasteiger partial charge in [0.1, 0.15) is 5.69 Å². The van der Waals surface area contributed by atoms with Gasteiger partial charge in [0.2, 0.25) is 0 Å². The van der Waals surface area contributed by atoms with Gasteiger partial charge in [-0.2, -0.15) is 0 Å². The molecule has 8 nitrogen and oxygen atoms in total. The zero-order valence-electron chi connectivity index (χ0n) is 13.4. The van der Waals surface area contributed by atoms with Gasteiger partial charge in [-0.1, -0.05) is 12.1 Å². The number of benzene rings is 1.